The van der Waals surface area contributed by atoms with Crippen LogP contribution in [0.5, 0.6) is 0 Å². The molecule has 0 unspecified atom stereocenters. The number of hydrogen-bond donors (Lipinski definition) is 2. The summed E-state index contributed by atoms with van der Waals surface area (Å²) in [6, 6.07) is 0. The first kappa shape index (κ1) is 16.6. The van der Waals surface area contributed by atoms with Crippen LogP contribution in [0.3, 0.4) is 0 Å². The van der Waals surface area contributed by atoms with Gasteiger partial charge in [0.15, 0.2) is 0 Å². The fourth-order valence-electron chi connectivity index (χ4n) is 2.18. The van der Waals surface area contributed by atoms with E-state index in [-0.39, 0.29) is 12.0 Å². The molecule has 0 saturated carbocycles. The summed E-state index contributed by atoms with van der Waals surface area (Å²) in [5, 5.41) is 5.90. The molecule has 1 aliphatic rings. The minimum Gasteiger partial charge on any atom is -0.376 e. The molecule has 7 nitrogen and oxygen atoms in total. The summed E-state index contributed by atoms with van der Waals surface area (Å²) < 4.78 is 11.2. The highest BCUT2D eigenvalue weighted by molar-refractivity contribution is 5.80. The number of nitrogens with zero attached hydrogens (tertiary/aromatic N) is 2. The SMILES string of the molecule is C[C@@H](OC[C@H]1CCCCO1)C(=O)NCCNc1cnccn1. The van der Waals surface area contributed by atoms with Crippen molar-refractivity contribution < 1.29 is 14.3 Å². The van der Waals surface area contributed by atoms with Crippen molar-refractivity contribution in [3.8, 4) is 0 Å². The maximum Gasteiger partial charge on any atom is 0.248 e. The number of rotatable bonds is 8. The number of hydrogen-bond acceptors (Lipinski definition) is 6. The second-order valence-corrected chi connectivity index (χ2v) is 5.27. The molecule has 0 spiro atoms. The average molecular weight is 308 g/mol. The van der Waals surface area contributed by atoms with Crippen molar-refractivity contribution >= 4 is 11.7 Å². The van der Waals surface area contributed by atoms with Crippen LogP contribution in [0.2, 0.25) is 0 Å². The van der Waals surface area contributed by atoms with Crippen molar-refractivity contribution in [1.29, 1.82) is 0 Å². The third-order valence-electron chi connectivity index (χ3n) is 3.47. The van der Waals surface area contributed by atoms with E-state index < -0.39 is 6.10 Å². The molecule has 0 aliphatic carbocycles. The predicted molar refractivity (Wildman–Crippen MR) is 82.5 cm³/mol. The number of nitrogens with one attached hydrogen (secondary N) is 2. The van der Waals surface area contributed by atoms with Gasteiger partial charge in [0, 0.05) is 32.1 Å². The number of carbonyl (C=O) groups excluding carboxylic acids is 1. The summed E-state index contributed by atoms with van der Waals surface area (Å²) >= 11 is 0. The summed E-state index contributed by atoms with van der Waals surface area (Å²) in [4.78, 5) is 19.9. The van der Waals surface area contributed by atoms with Crippen molar-refractivity contribution in [2.75, 3.05) is 31.6 Å². The Kier molecular flexibility index (Phi) is 7.05. The zero-order valence-corrected chi connectivity index (χ0v) is 13.0. The van der Waals surface area contributed by atoms with Crippen LogP contribution >= 0.6 is 0 Å². The lowest BCUT2D eigenvalue weighted by atomic mass is 10.1. The Balaban J connectivity index is 1.55. The smallest absolute Gasteiger partial charge is 0.248 e. The molecule has 2 rings (SSSR count). The molecule has 0 aromatic carbocycles. The molecule has 1 aliphatic heterocycles. The van der Waals surface area contributed by atoms with Gasteiger partial charge < -0.3 is 20.1 Å². The molecular formula is C15H24N4O3. The molecule has 122 valence electrons. The van der Waals surface area contributed by atoms with Gasteiger partial charge in [0.25, 0.3) is 0 Å². The van der Waals surface area contributed by atoms with Crippen molar-refractivity contribution in [2.45, 2.75) is 38.4 Å². The predicted octanol–water partition coefficient (Wildman–Crippen LogP) is 0.979. The van der Waals surface area contributed by atoms with Gasteiger partial charge in [-0.05, 0) is 26.2 Å². The average Bonchev–Trinajstić information content (AvgIpc) is 2.58. The van der Waals surface area contributed by atoms with Gasteiger partial charge in [-0.1, -0.05) is 0 Å². The molecule has 22 heavy (non-hydrogen) atoms. The molecule has 0 bridgehead atoms. The topological polar surface area (TPSA) is 85.4 Å². The fourth-order valence-corrected chi connectivity index (χ4v) is 2.18. The zero-order chi connectivity index (χ0) is 15.6. The Bertz CT molecular complexity index is 438. The van der Waals surface area contributed by atoms with Crippen molar-refractivity contribution in [3.05, 3.63) is 18.6 Å². The Morgan fingerprint density at radius 3 is 3.09 bits per heavy atom. The number of amides is 1. The molecule has 1 aromatic rings. The van der Waals surface area contributed by atoms with Crippen LogP contribution in [0.4, 0.5) is 5.82 Å². The third kappa shape index (κ3) is 5.95. The molecule has 2 atom stereocenters. The first-order valence-corrected chi connectivity index (χ1v) is 7.76. The maximum atomic E-state index is 11.9. The number of ether oxygens (including phenoxy) is 2. The molecule has 2 heterocycles. The number of carbonyl (C=O) groups is 1. The van der Waals surface area contributed by atoms with E-state index in [2.05, 4.69) is 20.6 Å². The van der Waals surface area contributed by atoms with E-state index in [0.717, 1.165) is 19.4 Å². The molecule has 7 heteroatoms. The van der Waals surface area contributed by atoms with Crippen LogP contribution in [0.1, 0.15) is 26.2 Å². The van der Waals surface area contributed by atoms with Crippen LogP contribution < -0.4 is 10.6 Å². The van der Waals surface area contributed by atoms with Crippen LogP contribution in [0, 0.1) is 0 Å². The van der Waals surface area contributed by atoms with Gasteiger partial charge in [-0.25, -0.2) is 4.98 Å². The second-order valence-electron chi connectivity index (χ2n) is 5.27. The summed E-state index contributed by atoms with van der Waals surface area (Å²) in [6.45, 7) is 4.12. The monoisotopic (exact) mass is 308 g/mol. The van der Waals surface area contributed by atoms with Gasteiger partial charge >= 0.3 is 0 Å². The van der Waals surface area contributed by atoms with Gasteiger partial charge in [0.1, 0.15) is 11.9 Å². The summed E-state index contributed by atoms with van der Waals surface area (Å²) in [5.41, 5.74) is 0. The van der Waals surface area contributed by atoms with E-state index in [9.17, 15) is 4.79 Å². The highest BCUT2D eigenvalue weighted by atomic mass is 16.5. The Hall–Kier alpha value is -1.73. The van der Waals surface area contributed by atoms with Crippen LogP contribution in [0.15, 0.2) is 18.6 Å². The summed E-state index contributed by atoms with van der Waals surface area (Å²) in [5.74, 6) is 0.576. The molecule has 1 saturated heterocycles. The van der Waals surface area contributed by atoms with Crippen molar-refractivity contribution in [1.82, 2.24) is 15.3 Å². The van der Waals surface area contributed by atoms with Crippen molar-refractivity contribution in [2.24, 2.45) is 0 Å². The maximum absolute atomic E-state index is 11.9. The van der Waals surface area contributed by atoms with E-state index in [0.29, 0.717) is 25.5 Å². The van der Waals surface area contributed by atoms with Gasteiger partial charge in [-0.2, -0.15) is 0 Å². The lowest BCUT2D eigenvalue weighted by Gasteiger charge is -2.23. The largest absolute Gasteiger partial charge is 0.376 e. The Labute approximate surface area is 130 Å². The lowest BCUT2D eigenvalue weighted by Crippen LogP contribution is -2.38. The minimum absolute atomic E-state index is 0.114. The van der Waals surface area contributed by atoms with Crippen LogP contribution in [-0.2, 0) is 14.3 Å². The van der Waals surface area contributed by atoms with E-state index in [1.54, 1.807) is 25.5 Å². The van der Waals surface area contributed by atoms with Crippen molar-refractivity contribution in [3.63, 3.8) is 0 Å². The highest BCUT2D eigenvalue weighted by Gasteiger charge is 2.18. The Morgan fingerprint density at radius 1 is 1.45 bits per heavy atom. The summed E-state index contributed by atoms with van der Waals surface area (Å²) in [7, 11) is 0. The quantitative estimate of drug-likeness (QED) is 0.696. The number of aromatic nitrogens is 2. The molecule has 2 N–H and O–H groups in total. The molecule has 1 amide bonds. The van der Waals surface area contributed by atoms with E-state index in [1.165, 1.54) is 6.42 Å². The molecule has 0 radical (unpaired) electrons. The van der Waals surface area contributed by atoms with E-state index in [4.69, 9.17) is 9.47 Å². The minimum atomic E-state index is -0.470. The highest BCUT2D eigenvalue weighted by Crippen LogP contribution is 2.13. The van der Waals surface area contributed by atoms with Gasteiger partial charge in [0.2, 0.25) is 5.91 Å². The first-order chi connectivity index (χ1) is 10.8. The van der Waals surface area contributed by atoms with Gasteiger partial charge in [-0.15, -0.1) is 0 Å². The number of anilines is 1. The van der Waals surface area contributed by atoms with Crippen LogP contribution in [-0.4, -0.2) is 54.4 Å². The second kappa shape index (κ2) is 9.32. The molecule has 1 fully saturated rings. The van der Waals surface area contributed by atoms with Crippen LogP contribution in [0.25, 0.3) is 0 Å². The zero-order valence-electron chi connectivity index (χ0n) is 13.0. The molecular weight excluding hydrogens is 284 g/mol. The van der Waals surface area contributed by atoms with Gasteiger partial charge in [-0.3, -0.25) is 9.78 Å². The van der Waals surface area contributed by atoms with E-state index in [1.807, 2.05) is 0 Å². The molecule has 1 aromatic heterocycles. The normalized spacial score (nSPS) is 19.4. The lowest BCUT2D eigenvalue weighted by molar-refractivity contribution is -0.135. The van der Waals surface area contributed by atoms with E-state index >= 15 is 0 Å². The standard InChI is InChI=1S/C15H24N4O3/c1-12(22-11-13-4-2-3-9-21-13)15(20)19-8-7-18-14-10-16-5-6-17-14/h5-6,10,12-13H,2-4,7-9,11H2,1H3,(H,17,18)(H,19,20)/t12-,13-/m1/s1. The fraction of sp³-hybridized carbons (Fsp3) is 0.667. The van der Waals surface area contributed by atoms with Gasteiger partial charge in [0.05, 0.1) is 18.9 Å². The third-order valence-corrected chi connectivity index (χ3v) is 3.47. The summed E-state index contributed by atoms with van der Waals surface area (Å²) in [6.07, 6.45) is 7.82. The first-order valence-electron chi connectivity index (χ1n) is 7.76. The Morgan fingerprint density at radius 2 is 2.36 bits per heavy atom.